The van der Waals surface area contributed by atoms with Crippen LogP contribution in [0.3, 0.4) is 0 Å². The van der Waals surface area contributed by atoms with Gasteiger partial charge in [-0.15, -0.1) is 12.4 Å². The van der Waals surface area contributed by atoms with Gasteiger partial charge in [-0.2, -0.15) is 0 Å². The summed E-state index contributed by atoms with van der Waals surface area (Å²) in [6.45, 7) is 2.92. The topological polar surface area (TPSA) is 46.8 Å². The summed E-state index contributed by atoms with van der Waals surface area (Å²) < 4.78 is 8.10. The third-order valence-electron chi connectivity index (χ3n) is 4.46. The van der Waals surface area contributed by atoms with Crippen LogP contribution in [0.2, 0.25) is 0 Å². The van der Waals surface area contributed by atoms with Crippen molar-refractivity contribution in [3.63, 3.8) is 0 Å². The number of aliphatic hydroxyl groups is 1. The van der Waals surface area contributed by atoms with E-state index in [1.807, 2.05) is 29.7 Å². The van der Waals surface area contributed by atoms with Gasteiger partial charge in [-0.1, -0.05) is 19.3 Å². The molecule has 0 atom stereocenters. The highest BCUT2D eigenvalue weighted by atomic mass is 35.5. The molecule has 2 heterocycles. The molecule has 2 aromatic rings. The third kappa shape index (κ3) is 3.55. The molecule has 0 aromatic carbocycles. The molecule has 1 N–H and O–H groups in total. The zero-order valence-electron chi connectivity index (χ0n) is 13.1. The van der Waals surface area contributed by atoms with Crippen molar-refractivity contribution < 1.29 is 9.84 Å². The molecule has 1 aliphatic carbocycles. The Morgan fingerprint density at radius 3 is 2.82 bits per heavy atom. The fourth-order valence-corrected chi connectivity index (χ4v) is 3.29. The third-order valence-corrected chi connectivity index (χ3v) is 4.46. The molecule has 0 aliphatic heterocycles. The van der Waals surface area contributed by atoms with Crippen molar-refractivity contribution in [2.75, 3.05) is 13.2 Å². The minimum Gasteiger partial charge on any atom is -0.489 e. The molecule has 1 aliphatic rings. The summed E-state index contributed by atoms with van der Waals surface area (Å²) in [4.78, 5) is 4.62. The van der Waals surface area contributed by atoms with E-state index < -0.39 is 0 Å². The quantitative estimate of drug-likeness (QED) is 0.914. The number of aromatic nitrogens is 2. The van der Waals surface area contributed by atoms with Crippen LogP contribution in [0.5, 0.6) is 5.75 Å². The van der Waals surface area contributed by atoms with Crippen molar-refractivity contribution in [3.05, 3.63) is 29.7 Å². The summed E-state index contributed by atoms with van der Waals surface area (Å²) in [5.41, 5.74) is 2.91. The molecule has 0 amide bonds. The number of hydrogen-bond donors (Lipinski definition) is 1. The lowest BCUT2D eigenvalue weighted by Crippen LogP contribution is -2.15. The summed E-state index contributed by atoms with van der Waals surface area (Å²) in [5.74, 6) is 1.54. The molecule has 1 saturated carbocycles. The van der Waals surface area contributed by atoms with Crippen LogP contribution in [0.4, 0.5) is 0 Å². The zero-order chi connectivity index (χ0) is 14.7. The van der Waals surface area contributed by atoms with Crippen molar-refractivity contribution in [1.29, 1.82) is 0 Å². The van der Waals surface area contributed by atoms with Gasteiger partial charge in [0.05, 0.1) is 12.3 Å². The second kappa shape index (κ2) is 7.84. The van der Waals surface area contributed by atoms with E-state index in [1.54, 1.807) is 0 Å². The maximum atomic E-state index is 9.19. The number of imidazole rings is 1. The van der Waals surface area contributed by atoms with E-state index in [4.69, 9.17) is 4.74 Å². The first-order valence-corrected chi connectivity index (χ1v) is 8.00. The Bertz CT molecular complexity index is 606. The number of aliphatic hydroxyl groups excluding tert-OH is 1. The summed E-state index contributed by atoms with van der Waals surface area (Å²) in [7, 11) is 0. The lowest BCUT2D eigenvalue weighted by molar-refractivity contribution is 0.210. The summed E-state index contributed by atoms with van der Waals surface area (Å²) in [6, 6.07) is 3.98. The highest BCUT2D eigenvalue weighted by molar-refractivity contribution is 5.85. The first-order valence-electron chi connectivity index (χ1n) is 8.00. The van der Waals surface area contributed by atoms with E-state index in [2.05, 4.69) is 4.98 Å². The Hall–Kier alpha value is -1.26. The minimum absolute atomic E-state index is 0. The van der Waals surface area contributed by atoms with E-state index in [1.165, 1.54) is 32.1 Å². The largest absolute Gasteiger partial charge is 0.489 e. The predicted octanol–water partition coefficient (Wildman–Crippen LogP) is 3.56. The Morgan fingerprint density at radius 2 is 2.09 bits per heavy atom. The molecule has 122 valence electrons. The number of halogens is 1. The molecule has 3 rings (SSSR count). The van der Waals surface area contributed by atoms with Gasteiger partial charge in [0.1, 0.15) is 0 Å². The van der Waals surface area contributed by atoms with E-state index in [0.717, 1.165) is 29.4 Å². The first-order chi connectivity index (χ1) is 10.3. The van der Waals surface area contributed by atoms with Crippen molar-refractivity contribution in [1.82, 2.24) is 9.38 Å². The fraction of sp³-hybridized carbons (Fsp3) is 0.588. The van der Waals surface area contributed by atoms with E-state index in [0.29, 0.717) is 12.3 Å². The minimum atomic E-state index is 0. The fourth-order valence-electron chi connectivity index (χ4n) is 3.29. The molecular formula is C17H25ClN2O2. The van der Waals surface area contributed by atoms with Gasteiger partial charge in [-0.05, 0) is 37.8 Å². The van der Waals surface area contributed by atoms with Crippen LogP contribution in [0.1, 0.15) is 43.5 Å². The smallest absolute Gasteiger partial charge is 0.180 e. The monoisotopic (exact) mass is 324 g/mol. The molecule has 0 bridgehead atoms. The Balaban J connectivity index is 0.00000176. The van der Waals surface area contributed by atoms with Crippen LogP contribution in [0.15, 0.2) is 18.3 Å². The lowest BCUT2D eigenvalue weighted by Gasteiger charge is -2.21. The number of rotatable bonds is 5. The molecule has 1 fully saturated rings. The Labute approximate surface area is 137 Å². The van der Waals surface area contributed by atoms with Crippen molar-refractivity contribution in [3.8, 4) is 5.75 Å². The Morgan fingerprint density at radius 1 is 1.32 bits per heavy atom. The standard InChI is InChI=1S/C17H24N2O2.ClH/c1-13-15(9-11-20)19-10-5-8-16(17(19)18-13)21-12-14-6-3-2-4-7-14;/h5,8,10,14,20H,2-4,6-7,9,11-12H2,1H3;1H. The summed E-state index contributed by atoms with van der Waals surface area (Å²) in [6.07, 6.45) is 9.23. The van der Waals surface area contributed by atoms with Gasteiger partial charge < -0.3 is 14.2 Å². The van der Waals surface area contributed by atoms with Gasteiger partial charge in [-0.25, -0.2) is 4.98 Å². The average Bonchev–Trinajstić information content (AvgIpc) is 2.83. The van der Waals surface area contributed by atoms with Gasteiger partial charge in [-0.3, -0.25) is 0 Å². The summed E-state index contributed by atoms with van der Waals surface area (Å²) >= 11 is 0. The number of ether oxygens (including phenoxy) is 1. The van der Waals surface area contributed by atoms with Gasteiger partial charge >= 0.3 is 0 Å². The summed E-state index contributed by atoms with van der Waals surface area (Å²) in [5, 5.41) is 9.19. The van der Waals surface area contributed by atoms with Gasteiger partial charge in [0.2, 0.25) is 0 Å². The highest BCUT2D eigenvalue weighted by Gasteiger charge is 2.16. The van der Waals surface area contributed by atoms with Gasteiger partial charge in [0.15, 0.2) is 11.4 Å². The molecule has 2 aromatic heterocycles. The molecule has 0 unspecified atom stereocenters. The second-order valence-corrected chi connectivity index (χ2v) is 6.00. The van der Waals surface area contributed by atoms with E-state index >= 15 is 0 Å². The van der Waals surface area contributed by atoms with Crippen LogP contribution in [-0.4, -0.2) is 27.7 Å². The molecule has 0 saturated heterocycles. The van der Waals surface area contributed by atoms with Crippen molar-refractivity contribution in [2.24, 2.45) is 5.92 Å². The second-order valence-electron chi connectivity index (χ2n) is 6.00. The number of hydrogen-bond acceptors (Lipinski definition) is 3. The molecule has 0 radical (unpaired) electrons. The zero-order valence-corrected chi connectivity index (χ0v) is 13.9. The molecule has 5 heteroatoms. The molecule has 4 nitrogen and oxygen atoms in total. The van der Waals surface area contributed by atoms with Crippen molar-refractivity contribution >= 4 is 18.1 Å². The molecular weight excluding hydrogens is 300 g/mol. The highest BCUT2D eigenvalue weighted by Crippen LogP contribution is 2.27. The van der Waals surface area contributed by atoms with E-state index in [9.17, 15) is 5.11 Å². The van der Waals surface area contributed by atoms with Crippen LogP contribution >= 0.6 is 12.4 Å². The van der Waals surface area contributed by atoms with E-state index in [-0.39, 0.29) is 19.0 Å². The molecule has 22 heavy (non-hydrogen) atoms. The maximum Gasteiger partial charge on any atom is 0.180 e. The maximum absolute atomic E-state index is 9.19. The van der Waals surface area contributed by atoms with Crippen LogP contribution in [-0.2, 0) is 6.42 Å². The van der Waals surface area contributed by atoms with Crippen LogP contribution < -0.4 is 4.74 Å². The number of aryl methyl sites for hydroxylation is 1. The predicted molar refractivity (Wildman–Crippen MR) is 90.0 cm³/mol. The lowest BCUT2D eigenvalue weighted by atomic mass is 9.90. The Kier molecular flexibility index (Phi) is 6.09. The average molecular weight is 325 g/mol. The first kappa shape index (κ1) is 17.1. The number of fused-ring (bicyclic) bond motifs is 1. The van der Waals surface area contributed by atoms with Crippen molar-refractivity contribution in [2.45, 2.75) is 45.4 Å². The SMILES string of the molecule is Cc1nc2c(OCC3CCCCC3)cccn2c1CCO.Cl. The van der Waals surface area contributed by atoms with Gasteiger partial charge in [0, 0.05) is 24.9 Å². The van der Waals surface area contributed by atoms with Gasteiger partial charge in [0.25, 0.3) is 0 Å². The molecule has 0 spiro atoms. The normalized spacial score (nSPS) is 15.7. The van der Waals surface area contributed by atoms with Crippen LogP contribution in [0, 0.1) is 12.8 Å². The number of nitrogens with zero attached hydrogens (tertiary/aromatic N) is 2. The van der Waals surface area contributed by atoms with Crippen LogP contribution in [0.25, 0.3) is 5.65 Å². The number of pyridine rings is 1.